The van der Waals surface area contributed by atoms with Gasteiger partial charge in [0.15, 0.2) is 0 Å². The molecular formula is C18H21N3OS. The predicted octanol–water partition coefficient (Wildman–Crippen LogP) is 3.41. The molecule has 1 aliphatic rings. The molecule has 120 valence electrons. The van der Waals surface area contributed by atoms with Crippen LogP contribution in [0.25, 0.3) is 0 Å². The van der Waals surface area contributed by atoms with Crippen LogP contribution in [0.3, 0.4) is 0 Å². The van der Waals surface area contributed by atoms with Crippen molar-refractivity contribution in [1.29, 1.82) is 0 Å². The van der Waals surface area contributed by atoms with Gasteiger partial charge in [-0.05, 0) is 36.1 Å². The first-order chi connectivity index (χ1) is 11.3. The van der Waals surface area contributed by atoms with Gasteiger partial charge < -0.3 is 10.2 Å². The topological polar surface area (TPSA) is 45.2 Å². The number of carbonyl (C=O) groups excluding carboxylic acids is 1. The van der Waals surface area contributed by atoms with Gasteiger partial charge in [-0.2, -0.15) is 0 Å². The average molecular weight is 327 g/mol. The quantitative estimate of drug-likeness (QED) is 0.856. The van der Waals surface area contributed by atoms with Crippen molar-refractivity contribution in [2.75, 3.05) is 18.8 Å². The van der Waals surface area contributed by atoms with Gasteiger partial charge in [-0.3, -0.25) is 4.98 Å². The summed E-state index contributed by atoms with van der Waals surface area (Å²) in [7, 11) is 0. The van der Waals surface area contributed by atoms with Gasteiger partial charge in [-0.15, -0.1) is 11.8 Å². The van der Waals surface area contributed by atoms with Crippen LogP contribution in [0, 0.1) is 5.92 Å². The van der Waals surface area contributed by atoms with Crippen molar-refractivity contribution in [2.24, 2.45) is 5.92 Å². The first-order valence-corrected chi connectivity index (χ1v) is 8.89. The van der Waals surface area contributed by atoms with Crippen molar-refractivity contribution in [3.63, 3.8) is 0 Å². The van der Waals surface area contributed by atoms with E-state index in [1.54, 1.807) is 12.4 Å². The minimum Gasteiger partial charge on any atom is -0.334 e. The molecule has 0 radical (unpaired) electrons. The van der Waals surface area contributed by atoms with E-state index in [0.29, 0.717) is 12.5 Å². The Kier molecular flexibility index (Phi) is 5.53. The van der Waals surface area contributed by atoms with Crippen LogP contribution in [0.1, 0.15) is 12.0 Å². The van der Waals surface area contributed by atoms with E-state index in [9.17, 15) is 4.79 Å². The summed E-state index contributed by atoms with van der Waals surface area (Å²) < 4.78 is 0. The number of carbonyl (C=O) groups is 1. The number of nitrogens with one attached hydrogen (secondary N) is 1. The minimum absolute atomic E-state index is 0.0288. The number of likely N-dealkylation sites (tertiary alicyclic amines) is 1. The van der Waals surface area contributed by atoms with Crippen LogP contribution >= 0.6 is 11.8 Å². The molecule has 0 saturated carbocycles. The maximum atomic E-state index is 12.2. The summed E-state index contributed by atoms with van der Waals surface area (Å²) in [6, 6.07) is 14.3. The molecule has 5 heteroatoms. The summed E-state index contributed by atoms with van der Waals surface area (Å²) in [5.41, 5.74) is 1.02. The highest BCUT2D eigenvalue weighted by atomic mass is 32.2. The number of nitrogens with zero attached hydrogens (tertiary/aromatic N) is 2. The molecule has 2 amide bonds. The fourth-order valence-electron chi connectivity index (χ4n) is 2.68. The Morgan fingerprint density at radius 2 is 2.13 bits per heavy atom. The second kappa shape index (κ2) is 8.02. The number of hydrogen-bond donors (Lipinski definition) is 1. The standard InChI is InChI=1S/C18H21N3OS/c22-18(20-12-15-5-4-9-19-11-15)21-10-8-16(13-21)14-23-17-6-2-1-3-7-17/h1-7,9,11,16H,8,10,12-14H2,(H,20,22)/t16-/m0/s1. The number of amides is 2. The summed E-state index contributed by atoms with van der Waals surface area (Å²) in [4.78, 5) is 19.5. The molecule has 0 bridgehead atoms. The van der Waals surface area contributed by atoms with Gasteiger partial charge in [0, 0.05) is 42.7 Å². The largest absolute Gasteiger partial charge is 0.334 e. The number of urea groups is 1. The molecule has 0 aliphatic carbocycles. The van der Waals surface area contributed by atoms with Crippen LogP contribution in [0.2, 0.25) is 0 Å². The van der Waals surface area contributed by atoms with E-state index >= 15 is 0 Å². The summed E-state index contributed by atoms with van der Waals surface area (Å²) in [5.74, 6) is 1.64. The number of thioether (sulfide) groups is 1. The molecule has 4 nitrogen and oxygen atoms in total. The third kappa shape index (κ3) is 4.73. The van der Waals surface area contributed by atoms with Gasteiger partial charge in [0.05, 0.1) is 0 Å². The second-order valence-corrected chi connectivity index (χ2v) is 6.84. The van der Waals surface area contributed by atoms with Crippen molar-refractivity contribution in [1.82, 2.24) is 15.2 Å². The van der Waals surface area contributed by atoms with Crippen LogP contribution < -0.4 is 5.32 Å². The fourth-order valence-corrected chi connectivity index (χ4v) is 3.73. The monoisotopic (exact) mass is 327 g/mol. The Morgan fingerprint density at radius 1 is 1.26 bits per heavy atom. The smallest absolute Gasteiger partial charge is 0.317 e. The molecule has 1 atom stereocenters. The zero-order valence-corrected chi connectivity index (χ0v) is 13.8. The van der Waals surface area contributed by atoms with Gasteiger partial charge >= 0.3 is 6.03 Å². The van der Waals surface area contributed by atoms with E-state index in [4.69, 9.17) is 0 Å². The van der Waals surface area contributed by atoms with Crippen LogP contribution in [-0.4, -0.2) is 34.8 Å². The molecule has 2 heterocycles. The highest BCUT2D eigenvalue weighted by Gasteiger charge is 2.26. The molecule has 0 unspecified atom stereocenters. The van der Waals surface area contributed by atoms with E-state index < -0.39 is 0 Å². The number of pyridine rings is 1. The SMILES string of the molecule is O=C(NCc1cccnc1)N1CC[C@H](CSc2ccccc2)C1. The number of rotatable bonds is 5. The van der Waals surface area contributed by atoms with Crippen LogP contribution in [0.15, 0.2) is 59.8 Å². The van der Waals surface area contributed by atoms with E-state index in [-0.39, 0.29) is 6.03 Å². The van der Waals surface area contributed by atoms with E-state index in [0.717, 1.165) is 30.8 Å². The van der Waals surface area contributed by atoms with Crippen molar-refractivity contribution in [3.05, 3.63) is 60.4 Å². The van der Waals surface area contributed by atoms with Crippen molar-refractivity contribution >= 4 is 17.8 Å². The first-order valence-electron chi connectivity index (χ1n) is 7.91. The third-order valence-electron chi connectivity index (χ3n) is 3.97. The molecule has 1 aromatic heterocycles. The van der Waals surface area contributed by atoms with Crippen LogP contribution in [0.4, 0.5) is 4.79 Å². The Morgan fingerprint density at radius 3 is 2.91 bits per heavy atom. The number of aromatic nitrogens is 1. The minimum atomic E-state index is 0.0288. The number of benzene rings is 1. The third-order valence-corrected chi connectivity index (χ3v) is 5.21. The summed E-state index contributed by atoms with van der Waals surface area (Å²) in [5, 5.41) is 2.98. The van der Waals surface area contributed by atoms with Crippen molar-refractivity contribution in [3.8, 4) is 0 Å². The lowest BCUT2D eigenvalue weighted by molar-refractivity contribution is 0.207. The van der Waals surface area contributed by atoms with Crippen molar-refractivity contribution in [2.45, 2.75) is 17.9 Å². The lowest BCUT2D eigenvalue weighted by Gasteiger charge is -2.17. The highest BCUT2D eigenvalue weighted by molar-refractivity contribution is 7.99. The van der Waals surface area contributed by atoms with Gasteiger partial charge in [0.1, 0.15) is 0 Å². The van der Waals surface area contributed by atoms with Crippen LogP contribution in [-0.2, 0) is 6.54 Å². The number of hydrogen-bond acceptors (Lipinski definition) is 3. The van der Waals surface area contributed by atoms with Gasteiger partial charge in [-0.1, -0.05) is 24.3 Å². The van der Waals surface area contributed by atoms with E-state index in [2.05, 4.69) is 34.6 Å². The molecule has 1 aliphatic heterocycles. The lowest BCUT2D eigenvalue weighted by Crippen LogP contribution is -2.38. The molecule has 1 saturated heterocycles. The van der Waals surface area contributed by atoms with Crippen molar-refractivity contribution < 1.29 is 4.79 Å². The summed E-state index contributed by atoms with van der Waals surface area (Å²) in [6.45, 7) is 2.23. The Balaban J connectivity index is 1.41. The Hall–Kier alpha value is -2.01. The molecule has 1 aromatic carbocycles. The Bertz CT molecular complexity index is 621. The predicted molar refractivity (Wildman–Crippen MR) is 93.3 cm³/mol. The molecule has 3 rings (SSSR count). The average Bonchev–Trinajstić information content (AvgIpc) is 3.09. The van der Waals surface area contributed by atoms with Gasteiger partial charge in [-0.25, -0.2) is 4.79 Å². The summed E-state index contributed by atoms with van der Waals surface area (Å²) in [6.07, 6.45) is 4.60. The van der Waals surface area contributed by atoms with Crippen LogP contribution in [0.5, 0.6) is 0 Å². The zero-order chi connectivity index (χ0) is 15.9. The maximum Gasteiger partial charge on any atom is 0.317 e. The Labute approximate surface area is 141 Å². The zero-order valence-electron chi connectivity index (χ0n) is 13.0. The fraction of sp³-hybridized carbons (Fsp3) is 0.333. The van der Waals surface area contributed by atoms with Gasteiger partial charge in [0.2, 0.25) is 0 Å². The molecule has 23 heavy (non-hydrogen) atoms. The normalized spacial score (nSPS) is 17.2. The van der Waals surface area contributed by atoms with Gasteiger partial charge in [0.25, 0.3) is 0 Å². The lowest BCUT2D eigenvalue weighted by atomic mass is 10.2. The van der Waals surface area contributed by atoms with E-state index in [1.165, 1.54) is 4.90 Å². The molecule has 2 aromatic rings. The maximum absolute atomic E-state index is 12.2. The van der Waals surface area contributed by atoms with E-state index in [1.807, 2.05) is 34.9 Å². The summed E-state index contributed by atoms with van der Waals surface area (Å²) >= 11 is 1.88. The molecule has 1 N–H and O–H groups in total. The molecular weight excluding hydrogens is 306 g/mol. The second-order valence-electron chi connectivity index (χ2n) is 5.74. The highest BCUT2D eigenvalue weighted by Crippen LogP contribution is 2.25. The molecule has 1 fully saturated rings. The molecule has 0 spiro atoms. The first kappa shape index (κ1) is 15.9.